The van der Waals surface area contributed by atoms with E-state index in [0.29, 0.717) is 5.92 Å². The monoisotopic (exact) mass is 309 g/mol. The molecule has 1 fully saturated rings. The van der Waals surface area contributed by atoms with Gasteiger partial charge in [-0.05, 0) is 39.5 Å². The molecule has 0 aromatic carbocycles. The minimum atomic E-state index is -0.432. The molecule has 2 heterocycles. The van der Waals surface area contributed by atoms with Gasteiger partial charge >= 0.3 is 6.09 Å². The lowest BCUT2D eigenvalue weighted by atomic mass is 10.0. The highest BCUT2D eigenvalue weighted by Gasteiger charge is 2.27. The summed E-state index contributed by atoms with van der Waals surface area (Å²) in [5.74, 6) is 1.44. The number of piperidine rings is 1. The largest absolute Gasteiger partial charge is 0.444 e. The molecule has 1 aliphatic rings. The van der Waals surface area contributed by atoms with E-state index in [9.17, 15) is 4.79 Å². The van der Waals surface area contributed by atoms with Crippen molar-refractivity contribution in [2.75, 3.05) is 18.8 Å². The molecule has 0 unspecified atom stereocenters. The second-order valence-corrected chi connectivity index (χ2v) is 7.33. The molecule has 1 aliphatic heterocycles. The number of carbonyl (C=O) groups excluding carboxylic acids is 1. The zero-order chi connectivity index (χ0) is 15.3. The first kappa shape index (κ1) is 16.1. The van der Waals surface area contributed by atoms with Gasteiger partial charge in [0.15, 0.2) is 0 Å². The quantitative estimate of drug-likeness (QED) is 0.802. The highest BCUT2D eigenvalue weighted by atomic mass is 32.2. The van der Waals surface area contributed by atoms with Crippen LogP contribution in [0.1, 0.15) is 33.6 Å². The maximum absolute atomic E-state index is 12.1. The fraction of sp³-hybridized carbons (Fsp3) is 0.667. The maximum Gasteiger partial charge on any atom is 0.410 e. The van der Waals surface area contributed by atoms with Gasteiger partial charge in [0.2, 0.25) is 0 Å². The van der Waals surface area contributed by atoms with Gasteiger partial charge in [0.05, 0.1) is 6.20 Å². The van der Waals surface area contributed by atoms with Crippen molar-refractivity contribution < 1.29 is 9.53 Å². The first-order valence-corrected chi connectivity index (χ1v) is 8.29. The van der Waals surface area contributed by atoms with Gasteiger partial charge in [-0.2, -0.15) is 0 Å². The van der Waals surface area contributed by atoms with Gasteiger partial charge < -0.3 is 9.64 Å². The Morgan fingerprint density at radius 1 is 1.48 bits per heavy atom. The van der Waals surface area contributed by atoms with E-state index in [0.717, 1.165) is 36.7 Å². The molecule has 1 amide bonds. The Morgan fingerprint density at radius 2 is 2.29 bits per heavy atom. The predicted molar refractivity (Wildman–Crippen MR) is 83.3 cm³/mol. The number of amides is 1. The predicted octanol–water partition coefficient (Wildman–Crippen LogP) is 3.22. The van der Waals surface area contributed by atoms with E-state index in [2.05, 4.69) is 9.97 Å². The summed E-state index contributed by atoms with van der Waals surface area (Å²) >= 11 is 1.70. The van der Waals surface area contributed by atoms with Gasteiger partial charge in [-0.1, -0.05) is 0 Å². The Labute approximate surface area is 130 Å². The van der Waals surface area contributed by atoms with Crippen molar-refractivity contribution in [2.45, 2.75) is 44.2 Å². The molecule has 1 aromatic rings. The van der Waals surface area contributed by atoms with Gasteiger partial charge in [-0.15, -0.1) is 11.8 Å². The first-order valence-electron chi connectivity index (χ1n) is 7.31. The van der Waals surface area contributed by atoms with Gasteiger partial charge in [0.25, 0.3) is 0 Å². The molecule has 1 saturated heterocycles. The fourth-order valence-electron chi connectivity index (χ4n) is 2.26. The van der Waals surface area contributed by atoms with E-state index in [-0.39, 0.29) is 6.09 Å². The summed E-state index contributed by atoms with van der Waals surface area (Å²) in [4.78, 5) is 22.3. The molecule has 116 valence electrons. The molecular weight excluding hydrogens is 286 g/mol. The summed E-state index contributed by atoms with van der Waals surface area (Å²) in [7, 11) is 0. The summed E-state index contributed by atoms with van der Waals surface area (Å²) in [6.07, 6.45) is 7.14. The van der Waals surface area contributed by atoms with Crippen molar-refractivity contribution in [3.8, 4) is 0 Å². The Kier molecular flexibility index (Phi) is 5.45. The van der Waals surface area contributed by atoms with Crippen molar-refractivity contribution in [3.05, 3.63) is 18.6 Å². The Morgan fingerprint density at radius 3 is 2.95 bits per heavy atom. The molecule has 0 radical (unpaired) electrons. The number of carbonyl (C=O) groups is 1. The van der Waals surface area contributed by atoms with Crippen LogP contribution in [0.3, 0.4) is 0 Å². The molecule has 0 bridgehead atoms. The van der Waals surface area contributed by atoms with Crippen molar-refractivity contribution in [3.63, 3.8) is 0 Å². The average molecular weight is 309 g/mol. The van der Waals surface area contributed by atoms with Crippen LogP contribution < -0.4 is 0 Å². The molecule has 0 N–H and O–H groups in total. The van der Waals surface area contributed by atoms with Crippen molar-refractivity contribution >= 4 is 17.9 Å². The number of ether oxygens (including phenoxy) is 1. The SMILES string of the molecule is CC(C)(C)OC(=O)N1CCC[C@H](CSc2cnccn2)C1. The molecule has 21 heavy (non-hydrogen) atoms. The summed E-state index contributed by atoms with van der Waals surface area (Å²) in [6.45, 7) is 7.26. The van der Waals surface area contributed by atoms with Crippen LogP contribution in [0.4, 0.5) is 4.79 Å². The summed E-state index contributed by atoms with van der Waals surface area (Å²) in [5, 5.41) is 0.937. The maximum atomic E-state index is 12.1. The molecule has 6 heteroatoms. The second kappa shape index (κ2) is 7.11. The molecule has 0 saturated carbocycles. The van der Waals surface area contributed by atoms with Crippen LogP contribution in [0, 0.1) is 5.92 Å². The van der Waals surface area contributed by atoms with Crippen molar-refractivity contribution in [1.82, 2.24) is 14.9 Å². The van der Waals surface area contributed by atoms with E-state index in [1.807, 2.05) is 25.7 Å². The zero-order valence-electron chi connectivity index (χ0n) is 12.9. The molecule has 0 spiro atoms. The number of hydrogen-bond donors (Lipinski definition) is 0. The van der Waals surface area contributed by atoms with Gasteiger partial charge in [0.1, 0.15) is 10.6 Å². The standard InChI is InChI=1S/C15H23N3O2S/c1-15(2,3)20-14(19)18-8-4-5-12(10-18)11-21-13-9-16-6-7-17-13/h6-7,9,12H,4-5,8,10-11H2,1-3H3/t12-/m0/s1. The molecule has 5 nitrogen and oxygen atoms in total. The number of likely N-dealkylation sites (tertiary alicyclic amines) is 1. The van der Waals surface area contributed by atoms with Crippen molar-refractivity contribution in [2.24, 2.45) is 5.92 Å². The third kappa shape index (κ3) is 5.53. The lowest BCUT2D eigenvalue weighted by Crippen LogP contribution is -2.43. The van der Waals surface area contributed by atoms with E-state index in [1.54, 1.807) is 30.4 Å². The van der Waals surface area contributed by atoms with Crippen LogP contribution in [0.25, 0.3) is 0 Å². The van der Waals surface area contributed by atoms with Crippen LogP contribution >= 0.6 is 11.8 Å². The van der Waals surface area contributed by atoms with E-state index >= 15 is 0 Å². The Balaban J connectivity index is 1.82. The normalized spacial score (nSPS) is 19.4. The van der Waals surface area contributed by atoms with E-state index in [1.165, 1.54) is 0 Å². The first-order chi connectivity index (χ1) is 9.94. The van der Waals surface area contributed by atoms with Crippen LogP contribution in [0.2, 0.25) is 0 Å². The van der Waals surface area contributed by atoms with Gasteiger partial charge in [-0.25, -0.2) is 9.78 Å². The number of hydrogen-bond acceptors (Lipinski definition) is 5. The van der Waals surface area contributed by atoms with Crippen LogP contribution in [0.5, 0.6) is 0 Å². The topological polar surface area (TPSA) is 55.3 Å². The minimum Gasteiger partial charge on any atom is -0.444 e. The lowest BCUT2D eigenvalue weighted by molar-refractivity contribution is 0.0177. The zero-order valence-corrected chi connectivity index (χ0v) is 13.7. The summed E-state index contributed by atoms with van der Waals surface area (Å²) in [6, 6.07) is 0. The summed E-state index contributed by atoms with van der Waals surface area (Å²) in [5.41, 5.74) is -0.432. The highest BCUT2D eigenvalue weighted by Crippen LogP contribution is 2.25. The van der Waals surface area contributed by atoms with Crippen LogP contribution in [-0.2, 0) is 4.74 Å². The third-order valence-corrected chi connectivity index (χ3v) is 4.32. The highest BCUT2D eigenvalue weighted by molar-refractivity contribution is 7.99. The smallest absolute Gasteiger partial charge is 0.410 e. The van der Waals surface area contributed by atoms with Crippen molar-refractivity contribution in [1.29, 1.82) is 0 Å². The summed E-state index contributed by atoms with van der Waals surface area (Å²) < 4.78 is 5.45. The van der Waals surface area contributed by atoms with Gasteiger partial charge in [0, 0.05) is 31.2 Å². The third-order valence-electron chi connectivity index (χ3n) is 3.18. The number of thioether (sulfide) groups is 1. The molecule has 1 atom stereocenters. The van der Waals surface area contributed by atoms with Crippen LogP contribution in [-0.4, -0.2) is 45.4 Å². The van der Waals surface area contributed by atoms with Gasteiger partial charge in [-0.3, -0.25) is 4.98 Å². The number of rotatable bonds is 3. The van der Waals surface area contributed by atoms with E-state index in [4.69, 9.17) is 4.74 Å². The second-order valence-electron chi connectivity index (χ2n) is 6.29. The molecule has 0 aliphatic carbocycles. The number of aromatic nitrogens is 2. The molecule has 2 rings (SSSR count). The molecular formula is C15H23N3O2S. The molecule has 1 aromatic heterocycles. The minimum absolute atomic E-state index is 0.197. The Hall–Kier alpha value is -1.30. The fourth-order valence-corrected chi connectivity index (χ4v) is 3.21. The number of nitrogens with zero attached hydrogens (tertiary/aromatic N) is 3. The van der Waals surface area contributed by atoms with Crippen LogP contribution in [0.15, 0.2) is 23.6 Å². The van der Waals surface area contributed by atoms with E-state index < -0.39 is 5.60 Å². The average Bonchev–Trinajstić information content (AvgIpc) is 2.45. The Bertz CT molecular complexity index is 462. The lowest BCUT2D eigenvalue weighted by Gasteiger charge is -2.34.